The summed E-state index contributed by atoms with van der Waals surface area (Å²) in [5, 5.41) is 12.2. The standard InChI is InChI=1S/C19H18N2O3/c1-14(21(24)13-15-7-3-2-4-8-15)11-12-20-18(22)16-9-5-6-10-17(16)19(20)23/h2-10H,11-13H2,1H3/b21-14-. The van der Waals surface area contributed by atoms with E-state index in [1.54, 1.807) is 31.2 Å². The lowest BCUT2D eigenvalue weighted by Crippen LogP contribution is -2.32. The van der Waals surface area contributed by atoms with Gasteiger partial charge in [-0.2, -0.15) is 0 Å². The first-order valence-corrected chi connectivity index (χ1v) is 7.84. The van der Waals surface area contributed by atoms with E-state index in [1.807, 2.05) is 30.3 Å². The lowest BCUT2D eigenvalue weighted by molar-refractivity contribution is -0.476. The molecule has 1 heterocycles. The molecule has 5 heteroatoms. The lowest BCUT2D eigenvalue weighted by Gasteiger charge is -2.14. The first-order valence-electron chi connectivity index (χ1n) is 7.84. The van der Waals surface area contributed by atoms with Crippen LogP contribution in [0.2, 0.25) is 0 Å². The minimum absolute atomic E-state index is 0.214. The van der Waals surface area contributed by atoms with E-state index in [0.717, 1.165) is 10.3 Å². The van der Waals surface area contributed by atoms with E-state index < -0.39 is 0 Å². The molecule has 0 saturated heterocycles. The molecule has 0 N–H and O–H groups in total. The molecule has 2 aromatic rings. The fraction of sp³-hybridized carbons (Fsp3) is 0.211. The quantitative estimate of drug-likeness (QED) is 0.279. The van der Waals surface area contributed by atoms with Crippen LogP contribution in [-0.2, 0) is 6.54 Å². The number of carbonyl (C=O) groups excluding carboxylic acids is 2. The fourth-order valence-corrected chi connectivity index (χ4v) is 2.72. The molecule has 0 unspecified atom stereocenters. The SMILES string of the molecule is C/C(CCN1C(=O)c2ccccc2C1=O)=[N+](/[O-])Cc1ccccc1. The average molecular weight is 322 g/mol. The Balaban J connectivity index is 1.67. The van der Waals surface area contributed by atoms with E-state index >= 15 is 0 Å². The molecule has 0 aromatic heterocycles. The van der Waals surface area contributed by atoms with Crippen molar-refractivity contribution >= 4 is 17.5 Å². The molecule has 5 nitrogen and oxygen atoms in total. The van der Waals surface area contributed by atoms with Gasteiger partial charge in [0.05, 0.1) is 11.1 Å². The second kappa shape index (κ2) is 6.66. The largest absolute Gasteiger partial charge is 0.624 e. The molecule has 0 fully saturated rings. The van der Waals surface area contributed by atoms with Crippen LogP contribution < -0.4 is 0 Å². The lowest BCUT2D eigenvalue weighted by atomic mass is 10.1. The van der Waals surface area contributed by atoms with E-state index in [9.17, 15) is 14.8 Å². The second-order valence-corrected chi connectivity index (χ2v) is 5.82. The number of amides is 2. The molecule has 24 heavy (non-hydrogen) atoms. The topological polar surface area (TPSA) is 63.5 Å². The van der Waals surface area contributed by atoms with Crippen molar-refractivity contribution in [2.75, 3.05) is 6.54 Å². The van der Waals surface area contributed by atoms with Crippen molar-refractivity contribution in [1.82, 2.24) is 4.90 Å². The van der Waals surface area contributed by atoms with Crippen LogP contribution in [0.4, 0.5) is 0 Å². The summed E-state index contributed by atoms with van der Waals surface area (Å²) in [5.41, 5.74) is 2.38. The molecule has 2 amide bonds. The van der Waals surface area contributed by atoms with Crippen LogP contribution in [0.3, 0.4) is 0 Å². The van der Waals surface area contributed by atoms with E-state index in [0.29, 0.717) is 23.3 Å². The highest BCUT2D eigenvalue weighted by atomic mass is 16.5. The van der Waals surface area contributed by atoms with Gasteiger partial charge in [0, 0.05) is 25.5 Å². The van der Waals surface area contributed by atoms with E-state index in [1.165, 1.54) is 4.90 Å². The Morgan fingerprint density at radius 3 is 2.08 bits per heavy atom. The van der Waals surface area contributed by atoms with E-state index in [-0.39, 0.29) is 24.9 Å². The molecule has 1 aliphatic rings. The minimum atomic E-state index is -0.288. The molecular weight excluding hydrogens is 304 g/mol. The predicted octanol–water partition coefficient (Wildman–Crippen LogP) is 2.84. The van der Waals surface area contributed by atoms with Crippen molar-refractivity contribution in [3.63, 3.8) is 0 Å². The number of imide groups is 1. The van der Waals surface area contributed by atoms with Crippen molar-refractivity contribution < 1.29 is 14.3 Å². The van der Waals surface area contributed by atoms with Crippen LogP contribution in [0.15, 0.2) is 54.6 Å². The molecule has 0 aliphatic carbocycles. The zero-order valence-corrected chi connectivity index (χ0v) is 13.4. The summed E-state index contributed by atoms with van der Waals surface area (Å²) in [4.78, 5) is 25.8. The minimum Gasteiger partial charge on any atom is -0.624 e. The first kappa shape index (κ1) is 15.9. The summed E-state index contributed by atoms with van der Waals surface area (Å²) in [7, 11) is 0. The van der Waals surface area contributed by atoms with Gasteiger partial charge in [0.2, 0.25) is 0 Å². The van der Waals surface area contributed by atoms with Crippen molar-refractivity contribution in [3.8, 4) is 0 Å². The summed E-state index contributed by atoms with van der Waals surface area (Å²) in [5.74, 6) is -0.576. The molecule has 0 atom stereocenters. The van der Waals surface area contributed by atoms with Crippen molar-refractivity contribution in [2.45, 2.75) is 19.9 Å². The number of hydrogen-bond acceptors (Lipinski definition) is 3. The highest BCUT2D eigenvalue weighted by molar-refractivity contribution is 6.21. The predicted molar refractivity (Wildman–Crippen MR) is 90.9 cm³/mol. The summed E-state index contributed by atoms with van der Waals surface area (Å²) in [6.45, 7) is 2.20. The molecule has 0 bridgehead atoms. The third kappa shape index (κ3) is 3.06. The Labute approximate surface area is 140 Å². The maximum Gasteiger partial charge on any atom is 0.261 e. The highest BCUT2D eigenvalue weighted by Gasteiger charge is 2.34. The number of hydroxylamine groups is 1. The Bertz CT molecular complexity index is 777. The third-order valence-electron chi connectivity index (χ3n) is 4.17. The maximum atomic E-state index is 12.3. The highest BCUT2D eigenvalue weighted by Crippen LogP contribution is 2.22. The maximum absolute atomic E-state index is 12.3. The van der Waals surface area contributed by atoms with Crippen molar-refractivity contribution in [1.29, 1.82) is 0 Å². The van der Waals surface area contributed by atoms with Crippen LogP contribution in [0, 0.1) is 5.21 Å². The molecule has 0 spiro atoms. The summed E-state index contributed by atoms with van der Waals surface area (Å²) < 4.78 is 0.910. The van der Waals surface area contributed by atoms with Gasteiger partial charge < -0.3 is 5.21 Å². The smallest absolute Gasteiger partial charge is 0.261 e. The number of fused-ring (bicyclic) bond motifs is 1. The van der Waals surface area contributed by atoms with Crippen LogP contribution >= 0.6 is 0 Å². The Morgan fingerprint density at radius 1 is 0.958 bits per heavy atom. The Morgan fingerprint density at radius 2 is 1.50 bits per heavy atom. The van der Waals surface area contributed by atoms with Crippen molar-refractivity contribution in [2.24, 2.45) is 0 Å². The molecular formula is C19H18N2O3. The normalized spacial score (nSPS) is 14.6. The van der Waals surface area contributed by atoms with Crippen LogP contribution in [0.5, 0.6) is 0 Å². The van der Waals surface area contributed by atoms with Gasteiger partial charge in [0.15, 0.2) is 12.3 Å². The van der Waals surface area contributed by atoms with E-state index in [4.69, 9.17) is 0 Å². The van der Waals surface area contributed by atoms with Crippen molar-refractivity contribution in [3.05, 3.63) is 76.5 Å². The third-order valence-corrected chi connectivity index (χ3v) is 4.17. The first-order chi connectivity index (χ1) is 11.6. The summed E-state index contributed by atoms with van der Waals surface area (Å²) in [6, 6.07) is 16.2. The number of rotatable bonds is 5. The monoisotopic (exact) mass is 322 g/mol. The zero-order chi connectivity index (χ0) is 17.1. The number of nitrogens with zero attached hydrogens (tertiary/aromatic N) is 2. The summed E-state index contributed by atoms with van der Waals surface area (Å²) in [6.07, 6.45) is 0.363. The van der Waals surface area contributed by atoms with Gasteiger partial charge in [0.1, 0.15) is 0 Å². The average Bonchev–Trinajstić information content (AvgIpc) is 2.85. The fourth-order valence-electron chi connectivity index (χ4n) is 2.72. The number of carbonyl (C=O) groups is 2. The van der Waals surface area contributed by atoms with Gasteiger partial charge in [-0.1, -0.05) is 42.5 Å². The molecule has 3 rings (SSSR count). The van der Waals surface area contributed by atoms with E-state index in [2.05, 4.69) is 0 Å². The van der Waals surface area contributed by atoms with Gasteiger partial charge in [-0.05, 0) is 12.1 Å². The molecule has 1 aliphatic heterocycles. The Kier molecular flexibility index (Phi) is 4.42. The molecule has 0 radical (unpaired) electrons. The molecule has 122 valence electrons. The second-order valence-electron chi connectivity index (χ2n) is 5.82. The Hall–Kier alpha value is -2.95. The van der Waals surface area contributed by atoms with Gasteiger partial charge in [-0.15, -0.1) is 0 Å². The van der Waals surface area contributed by atoms with Gasteiger partial charge in [0.25, 0.3) is 11.8 Å². The van der Waals surface area contributed by atoms with Crippen LogP contribution in [-0.4, -0.2) is 33.7 Å². The van der Waals surface area contributed by atoms with Crippen LogP contribution in [0.25, 0.3) is 0 Å². The van der Waals surface area contributed by atoms with Gasteiger partial charge in [-0.3, -0.25) is 14.5 Å². The molecule has 2 aromatic carbocycles. The van der Waals surface area contributed by atoms with Gasteiger partial charge >= 0.3 is 0 Å². The summed E-state index contributed by atoms with van der Waals surface area (Å²) >= 11 is 0. The van der Waals surface area contributed by atoms with Gasteiger partial charge in [-0.25, -0.2) is 4.74 Å². The molecule has 0 saturated carbocycles. The van der Waals surface area contributed by atoms with Crippen LogP contribution in [0.1, 0.15) is 39.6 Å². The zero-order valence-electron chi connectivity index (χ0n) is 13.4. The number of hydrogen-bond donors (Lipinski definition) is 0. The number of benzene rings is 2.